The van der Waals surface area contributed by atoms with Crippen molar-refractivity contribution >= 4 is 0 Å². The van der Waals surface area contributed by atoms with Gasteiger partial charge in [-0.3, -0.25) is 0 Å². The first-order chi connectivity index (χ1) is 5.36. The van der Waals surface area contributed by atoms with Crippen LogP contribution in [0.3, 0.4) is 0 Å². The van der Waals surface area contributed by atoms with Crippen molar-refractivity contribution in [3.8, 4) is 6.07 Å². The van der Waals surface area contributed by atoms with Gasteiger partial charge in [-0.05, 0) is 19.4 Å². The lowest BCUT2D eigenvalue weighted by molar-refractivity contribution is 0.451. The monoisotopic (exact) mass is 152 g/mol. The maximum Gasteiger partial charge on any atom is 0.0953 e. The maximum absolute atomic E-state index is 8.67. The molecule has 11 heavy (non-hydrogen) atoms. The molecule has 0 heterocycles. The zero-order chi connectivity index (χ0) is 8.10. The fourth-order valence-corrected chi connectivity index (χ4v) is 1.81. The maximum atomic E-state index is 8.67. The summed E-state index contributed by atoms with van der Waals surface area (Å²) < 4.78 is 0. The summed E-state index contributed by atoms with van der Waals surface area (Å²) in [6.07, 6.45) is 6.45. The van der Waals surface area contributed by atoms with E-state index < -0.39 is 0 Å². The van der Waals surface area contributed by atoms with Crippen LogP contribution in [0.15, 0.2) is 0 Å². The molecule has 0 radical (unpaired) electrons. The fourth-order valence-electron chi connectivity index (χ4n) is 1.81. The van der Waals surface area contributed by atoms with E-state index >= 15 is 0 Å². The van der Waals surface area contributed by atoms with Gasteiger partial charge in [-0.25, -0.2) is 0 Å². The Labute approximate surface area is 68.6 Å². The average Bonchev–Trinajstić information content (AvgIpc) is 2.52. The first-order valence-electron chi connectivity index (χ1n) is 4.43. The van der Waals surface area contributed by atoms with Gasteiger partial charge in [0.25, 0.3) is 0 Å². The summed E-state index contributed by atoms with van der Waals surface area (Å²) in [5, 5.41) is 11.7. The zero-order valence-corrected chi connectivity index (χ0v) is 7.14. The van der Waals surface area contributed by atoms with Crippen molar-refractivity contribution in [3.63, 3.8) is 0 Å². The minimum Gasteiger partial charge on any atom is -0.305 e. The van der Waals surface area contributed by atoms with Crippen LogP contribution < -0.4 is 5.32 Å². The van der Waals surface area contributed by atoms with Crippen LogP contribution in [0.1, 0.15) is 32.1 Å². The number of nitriles is 1. The van der Waals surface area contributed by atoms with E-state index in [0.717, 1.165) is 12.3 Å². The smallest absolute Gasteiger partial charge is 0.0953 e. The molecule has 0 aromatic rings. The minimum atomic E-state index is 0.0816. The summed E-state index contributed by atoms with van der Waals surface area (Å²) in [6, 6.07) is 2.35. The van der Waals surface area contributed by atoms with E-state index in [1.165, 1.54) is 25.7 Å². The number of rotatable bonds is 3. The molecule has 1 aliphatic carbocycles. The number of nitrogens with zero attached hydrogens (tertiary/aromatic N) is 1. The Morgan fingerprint density at radius 1 is 1.55 bits per heavy atom. The summed E-state index contributed by atoms with van der Waals surface area (Å²) in [6.45, 7) is 0. The number of nitrogens with one attached hydrogen (secondary N) is 1. The van der Waals surface area contributed by atoms with E-state index in [-0.39, 0.29) is 6.04 Å². The van der Waals surface area contributed by atoms with Gasteiger partial charge in [-0.1, -0.05) is 25.7 Å². The summed E-state index contributed by atoms with van der Waals surface area (Å²) in [5.41, 5.74) is 0. The highest BCUT2D eigenvalue weighted by Gasteiger charge is 2.18. The predicted molar refractivity (Wildman–Crippen MR) is 45.0 cm³/mol. The molecule has 0 saturated heterocycles. The van der Waals surface area contributed by atoms with Gasteiger partial charge in [-0.15, -0.1) is 0 Å². The minimum absolute atomic E-state index is 0.0816. The molecule has 1 unspecified atom stereocenters. The Kier molecular flexibility index (Phi) is 3.38. The van der Waals surface area contributed by atoms with Crippen LogP contribution in [-0.2, 0) is 0 Å². The summed E-state index contributed by atoms with van der Waals surface area (Å²) >= 11 is 0. The molecule has 1 atom stereocenters. The molecule has 2 nitrogen and oxygen atoms in total. The standard InChI is InChI=1S/C9H16N2/c1-11-9(7-10)6-8-4-2-3-5-8/h8-9,11H,2-6H2,1H3. The largest absolute Gasteiger partial charge is 0.305 e. The molecule has 0 aromatic heterocycles. The highest BCUT2D eigenvalue weighted by molar-refractivity contribution is 4.90. The molecule has 0 aromatic carbocycles. The Morgan fingerprint density at radius 2 is 2.18 bits per heavy atom. The highest BCUT2D eigenvalue weighted by Crippen LogP contribution is 2.28. The van der Waals surface area contributed by atoms with Gasteiger partial charge >= 0.3 is 0 Å². The predicted octanol–water partition coefficient (Wildman–Crippen LogP) is 1.68. The second-order valence-electron chi connectivity index (χ2n) is 3.36. The van der Waals surface area contributed by atoms with Crippen LogP contribution in [0.25, 0.3) is 0 Å². The zero-order valence-electron chi connectivity index (χ0n) is 7.14. The Balaban J connectivity index is 2.23. The second-order valence-corrected chi connectivity index (χ2v) is 3.36. The van der Waals surface area contributed by atoms with Gasteiger partial charge in [0.05, 0.1) is 12.1 Å². The molecule has 0 spiro atoms. The van der Waals surface area contributed by atoms with E-state index in [1.54, 1.807) is 0 Å². The lowest BCUT2D eigenvalue weighted by atomic mass is 9.99. The van der Waals surface area contributed by atoms with E-state index in [0.29, 0.717) is 0 Å². The van der Waals surface area contributed by atoms with E-state index in [9.17, 15) is 0 Å². The second kappa shape index (κ2) is 4.35. The van der Waals surface area contributed by atoms with Crippen LogP contribution in [0.5, 0.6) is 0 Å². The van der Waals surface area contributed by atoms with Crippen LogP contribution in [0, 0.1) is 17.2 Å². The third-order valence-electron chi connectivity index (χ3n) is 2.55. The van der Waals surface area contributed by atoms with Crippen molar-refractivity contribution in [3.05, 3.63) is 0 Å². The van der Waals surface area contributed by atoms with Crippen LogP contribution >= 0.6 is 0 Å². The Bertz CT molecular complexity index is 142. The van der Waals surface area contributed by atoms with E-state index in [2.05, 4.69) is 11.4 Å². The van der Waals surface area contributed by atoms with Gasteiger partial charge in [-0.2, -0.15) is 5.26 Å². The third kappa shape index (κ3) is 2.51. The van der Waals surface area contributed by atoms with Gasteiger partial charge in [0.2, 0.25) is 0 Å². The van der Waals surface area contributed by atoms with E-state index in [4.69, 9.17) is 5.26 Å². The van der Waals surface area contributed by atoms with Gasteiger partial charge in [0.1, 0.15) is 0 Å². The van der Waals surface area contributed by atoms with Crippen molar-refractivity contribution in [2.75, 3.05) is 7.05 Å². The lowest BCUT2D eigenvalue weighted by Crippen LogP contribution is -2.25. The number of hydrogen-bond donors (Lipinski definition) is 1. The van der Waals surface area contributed by atoms with E-state index in [1.807, 2.05) is 7.05 Å². The molecule has 62 valence electrons. The van der Waals surface area contributed by atoms with Gasteiger partial charge in [0.15, 0.2) is 0 Å². The highest BCUT2D eigenvalue weighted by atomic mass is 14.9. The van der Waals surface area contributed by atoms with Gasteiger partial charge < -0.3 is 5.32 Å². The molecule has 1 saturated carbocycles. The molecule has 0 aliphatic heterocycles. The van der Waals surface area contributed by atoms with Crippen LogP contribution in [-0.4, -0.2) is 13.1 Å². The molecule has 2 heteroatoms. The van der Waals surface area contributed by atoms with Crippen LogP contribution in [0.4, 0.5) is 0 Å². The molecule has 1 fully saturated rings. The van der Waals surface area contributed by atoms with Crippen molar-refractivity contribution in [1.82, 2.24) is 5.32 Å². The van der Waals surface area contributed by atoms with Crippen molar-refractivity contribution in [1.29, 1.82) is 5.26 Å². The van der Waals surface area contributed by atoms with Crippen molar-refractivity contribution in [2.24, 2.45) is 5.92 Å². The summed E-state index contributed by atoms with van der Waals surface area (Å²) in [5.74, 6) is 0.812. The number of hydrogen-bond acceptors (Lipinski definition) is 2. The topological polar surface area (TPSA) is 35.8 Å². The van der Waals surface area contributed by atoms with Crippen molar-refractivity contribution in [2.45, 2.75) is 38.1 Å². The molecule has 0 bridgehead atoms. The average molecular weight is 152 g/mol. The van der Waals surface area contributed by atoms with Crippen LogP contribution in [0.2, 0.25) is 0 Å². The van der Waals surface area contributed by atoms with Crippen molar-refractivity contribution < 1.29 is 0 Å². The summed E-state index contributed by atoms with van der Waals surface area (Å²) in [4.78, 5) is 0. The Hall–Kier alpha value is -0.550. The molecule has 0 amide bonds. The molecular formula is C9H16N2. The SMILES string of the molecule is CNC(C#N)CC1CCCC1. The lowest BCUT2D eigenvalue weighted by Gasteiger charge is -2.12. The first kappa shape index (κ1) is 8.55. The third-order valence-corrected chi connectivity index (χ3v) is 2.55. The van der Waals surface area contributed by atoms with Gasteiger partial charge in [0, 0.05) is 0 Å². The normalized spacial score (nSPS) is 21.5. The fraction of sp³-hybridized carbons (Fsp3) is 0.889. The molecule has 1 rings (SSSR count). The first-order valence-corrected chi connectivity index (χ1v) is 4.43. The quantitative estimate of drug-likeness (QED) is 0.667. The molecule has 1 aliphatic rings. The molecule has 1 N–H and O–H groups in total. The Morgan fingerprint density at radius 3 is 2.64 bits per heavy atom. The molecular weight excluding hydrogens is 136 g/mol. The summed E-state index contributed by atoms with van der Waals surface area (Å²) in [7, 11) is 1.86.